The van der Waals surface area contributed by atoms with Crippen LogP contribution in [0.1, 0.15) is 27.2 Å². The van der Waals surface area contributed by atoms with E-state index < -0.39 is 0 Å². The first-order valence-electron chi connectivity index (χ1n) is 6.14. The fourth-order valence-electron chi connectivity index (χ4n) is 1.31. The minimum Gasteiger partial charge on any atom is -0.362 e. The smallest absolute Gasteiger partial charge is 0.168 e. The van der Waals surface area contributed by atoms with Crippen LogP contribution in [0.2, 0.25) is 0 Å². The van der Waals surface area contributed by atoms with E-state index in [0.717, 1.165) is 37.7 Å². The van der Waals surface area contributed by atoms with Gasteiger partial charge in [0.15, 0.2) is 5.11 Å². The lowest BCUT2D eigenvalue weighted by molar-refractivity contribution is 0.325. The van der Waals surface area contributed by atoms with Crippen LogP contribution in [0.4, 0.5) is 0 Å². The molecule has 0 aromatic heterocycles. The summed E-state index contributed by atoms with van der Waals surface area (Å²) in [7, 11) is 4.18. The zero-order valence-corrected chi connectivity index (χ0v) is 12.2. The molecule has 3 nitrogen and oxygen atoms in total. The van der Waals surface area contributed by atoms with E-state index in [0.29, 0.717) is 5.92 Å². The van der Waals surface area contributed by atoms with Crippen molar-refractivity contribution >= 4 is 17.3 Å². The predicted octanol–water partition coefficient (Wildman–Crippen LogP) is 1.79. The summed E-state index contributed by atoms with van der Waals surface area (Å²) in [5, 5.41) is 4.23. The normalized spacial score (nSPS) is 10.9. The zero-order chi connectivity index (χ0) is 12.6. The van der Waals surface area contributed by atoms with E-state index in [1.54, 1.807) is 0 Å². The Balaban J connectivity index is 4.02. The first kappa shape index (κ1) is 15.7. The molecule has 0 heterocycles. The van der Waals surface area contributed by atoms with Crippen LogP contribution in [-0.4, -0.2) is 55.2 Å². The molecular formula is C12H27N3S. The highest BCUT2D eigenvalue weighted by atomic mass is 32.1. The molecule has 4 heteroatoms. The number of hydrogen-bond acceptors (Lipinski definition) is 2. The van der Waals surface area contributed by atoms with E-state index in [1.165, 1.54) is 0 Å². The van der Waals surface area contributed by atoms with Crippen LogP contribution in [0.5, 0.6) is 0 Å². The highest BCUT2D eigenvalue weighted by Crippen LogP contribution is 1.96. The second-order valence-electron chi connectivity index (χ2n) is 4.87. The summed E-state index contributed by atoms with van der Waals surface area (Å²) in [5.74, 6) is 0.635. The Morgan fingerprint density at radius 3 is 2.25 bits per heavy atom. The van der Waals surface area contributed by atoms with Gasteiger partial charge in [-0.2, -0.15) is 0 Å². The maximum Gasteiger partial charge on any atom is 0.168 e. The van der Waals surface area contributed by atoms with Gasteiger partial charge in [-0.15, -0.1) is 0 Å². The second kappa shape index (κ2) is 8.76. The molecule has 0 amide bonds. The first-order valence-corrected chi connectivity index (χ1v) is 6.55. The van der Waals surface area contributed by atoms with Gasteiger partial charge < -0.3 is 15.1 Å². The van der Waals surface area contributed by atoms with Crippen LogP contribution in [0.3, 0.4) is 0 Å². The van der Waals surface area contributed by atoms with E-state index in [-0.39, 0.29) is 0 Å². The van der Waals surface area contributed by atoms with Gasteiger partial charge in [0.25, 0.3) is 0 Å². The summed E-state index contributed by atoms with van der Waals surface area (Å²) < 4.78 is 0. The quantitative estimate of drug-likeness (QED) is 0.689. The van der Waals surface area contributed by atoms with Crippen LogP contribution < -0.4 is 5.32 Å². The monoisotopic (exact) mass is 245 g/mol. The average Bonchev–Trinajstić information content (AvgIpc) is 2.20. The molecular weight excluding hydrogens is 218 g/mol. The van der Waals surface area contributed by atoms with Gasteiger partial charge in [-0.1, -0.05) is 20.8 Å². The number of hydrogen-bond donors (Lipinski definition) is 1. The van der Waals surface area contributed by atoms with Crippen molar-refractivity contribution in [2.75, 3.05) is 40.3 Å². The van der Waals surface area contributed by atoms with Gasteiger partial charge in [0.1, 0.15) is 0 Å². The number of rotatable bonds is 7. The summed E-state index contributed by atoms with van der Waals surface area (Å²) in [5.41, 5.74) is 0. The molecule has 0 rings (SSSR count). The Morgan fingerprint density at radius 2 is 1.81 bits per heavy atom. The summed E-state index contributed by atoms with van der Waals surface area (Å²) in [4.78, 5) is 4.45. The Morgan fingerprint density at radius 1 is 1.19 bits per heavy atom. The molecule has 0 aliphatic carbocycles. The minimum absolute atomic E-state index is 0.635. The van der Waals surface area contributed by atoms with E-state index in [1.807, 2.05) is 0 Å². The molecule has 0 aromatic rings. The van der Waals surface area contributed by atoms with Crippen molar-refractivity contribution in [1.29, 1.82) is 0 Å². The fourth-order valence-corrected chi connectivity index (χ4v) is 1.57. The Labute approximate surface area is 106 Å². The molecule has 0 radical (unpaired) electrons. The van der Waals surface area contributed by atoms with Crippen LogP contribution in [0, 0.1) is 5.92 Å². The molecule has 1 N–H and O–H groups in total. The van der Waals surface area contributed by atoms with Crippen molar-refractivity contribution in [3.05, 3.63) is 0 Å². The Hall–Kier alpha value is -0.350. The third kappa shape index (κ3) is 7.88. The maximum atomic E-state index is 5.41. The number of likely N-dealkylation sites (N-methyl/N-ethyl adjacent to an activating group) is 1. The SMILES string of the molecule is CCCN(CCN(C)C)C(=S)NCC(C)C. The van der Waals surface area contributed by atoms with Crippen LogP contribution in [-0.2, 0) is 0 Å². The first-order chi connectivity index (χ1) is 7.47. The molecule has 0 fully saturated rings. The summed E-state index contributed by atoms with van der Waals surface area (Å²) in [6.45, 7) is 10.6. The molecule has 0 spiro atoms. The number of nitrogens with one attached hydrogen (secondary N) is 1. The summed E-state index contributed by atoms with van der Waals surface area (Å²) in [6, 6.07) is 0. The zero-order valence-electron chi connectivity index (χ0n) is 11.4. The highest BCUT2D eigenvalue weighted by Gasteiger charge is 2.08. The van der Waals surface area contributed by atoms with Crippen molar-refractivity contribution in [3.63, 3.8) is 0 Å². The summed E-state index contributed by atoms with van der Waals surface area (Å²) >= 11 is 5.41. The summed E-state index contributed by atoms with van der Waals surface area (Å²) in [6.07, 6.45) is 1.14. The second-order valence-corrected chi connectivity index (χ2v) is 5.26. The van der Waals surface area contributed by atoms with Gasteiger partial charge >= 0.3 is 0 Å². The largest absolute Gasteiger partial charge is 0.362 e. The number of thiocarbonyl (C=S) groups is 1. The Bertz CT molecular complexity index is 193. The average molecular weight is 245 g/mol. The highest BCUT2D eigenvalue weighted by molar-refractivity contribution is 7.80. The van der Waals surface area contributed by atoms with E-state index >= 15 is 0 Å². The molecule has 0 aliphatic rings. The lowest BCUT2D eigenvalue weighted by Gasteiger charge is -2.27. The third-order valence-corrected chi connectivity index (χ3v) is 2.66. The van der Waals surface area contributed by atoms with E-state index in [9.17, 15) is 0 Å². The topological polar surface area (TPSA) is 18.5 Å². The van der Waals surface area contributed by atoms with Gasteiger partial charge in [-0.05, 0) is 38.7 Å². The molecule has 96 valence electrons. The Kier molecular flexibility index (Phi) is 8.57. The molecule has 0 aliphatic heterocycles. The number of nitrogens with zero attached hydrogens (tertiary/aromatic N) is 2. The molecule has 0 unspecified atom stereocenters. The van der Waals surface area contributed by atoms with E-state index in [4.69, 9.17) is 12.2 Å². The van der Waals surface area contributed by atoms with Crippen LogP contribution in [0.15, 0.2) is 0 Å². The van der Waals surface area contributed by atoms with Crippen molar-refractivity contribution in [2.45, 2.75) is 27.2 Å². The van der Waals surface area contributed by atoms with Gasteiger partial charge in [0.05, 0.1) is 0 Å². The molecule has 0 saturated heterocycles. The van der Waals surface area contributed by atoms with Crippen molar-refractivity contribution in [2.24, 2.45) is 5.92 Å². The minimum atomic E-state index is 0.635. The van der Waals surface area contributed by atoms with Crippen LogP contribution >= 0.6 is 12.2 Å². The van der Waals surface area contributed by atoms with Crippen LogP contribution in [0.25, 0.3) is 0 Å². The molecule has 0 atom stereocenters. The van der Waals surface area contributed by atoms with Crippen molar-refractivity contribution in [1.82, 2.24) is 15.1 Å². The van der Waals surface area contributed by atoms with Gasteiger partial charge in [-0.3, -0.25) is 0 Å². The standard InChI is InChI=1S/C12H27N3S/c1-6-7-15(9-8-14(4)5)12(16)13-10-11(2)3/h11H,6-10H2,1-5H3,(H,13,16). The predicted molar refractivity (Wildman–Crippen MR) is 75.9 cm³/mol. The van der Waals surface area contributed by atoms with Gasteiger partial charge in [-0.25, -0.2) is 0 Å². The molecule has 0 saturated carbocycles. The lowest BCUT2D eigenvalue weighted by Crippen LogP contribution is -2.44. The van der Waals surface area contributed by atoms with Crippen molar-refractivity contribution in [3.8, 4) is 0 Å². The van der Waals surface area contributed by atoms with E-state index in [2.05, 4.69) is 50.0 Å². The van der Waals surface area contributed by atoms with Gasteiger partial charge in [0.2, 0.25) is 0 Å². The molecule has 0 aromatic carbocycles. The molecule has 16 heavy (non-hydrogen) atoms. The lowest BCUT2D eigenvalue weighted by atomic mass is 10.2. The molecule has 0 bridgehead atoms. The maximum absolute atomic E-state index is 5.41. The fraction of sp³-hybridized carbons (Fsp3) is 0.917. The third-order valence-electron chi connectivity index (χ3n) is 2.26. The van der Waals surface area contributed by atoms with Crippen molar-refractivity contribution < 1.29 is 0 Å². The van der Waals surface area contributed by atoms with Gasteiger partial charge in [0, 0.05) is 26.2 Å².